The van der Waals surface area contributed by atoms with Gasteiger partial charge >= 0.3 is 0 Å². The van der Waals surface area contributed by atoms with E-state index in [1.54, 1.807) is 26.0 Å². The monoisotopic (exact) mass is 365 g/mol. The first kappa shape index (κ1) is 19.4. The van der Waals surface area contributed by atoms with E-state index < -0.39 is 5.41 Å². The molecule has 0 aliphatic carbocycles. The Bertz CT molecular complexity index is 671. The van der Waals surface area contributed by atoms with Crippen LogP contribution in [0.5, 0.6) is 0 Å². The fourth-order valence-electron chi connectivity index (χ4n) is 2.69. The highest BCUT2D eigenvalue weighted by Crippen LogP contribution is 2.28. The number of rotatable bonds is 7. The van der Waals surface area contributed by atoms with Crippen LogP contribution >= 0.6 is 11.6 Å². The fraction of sp³-hybridized carbons (Fsp3) is 0.500. The first-order valence-corrected chi connectivity index (χ1v) is 8.53. The van der Waals surface area contributed by atoms with Crippen LogP contribution in [0.15, 0.2) is 29.3 Å². The van der Waals surface area contributed by atoms with Crippen LogP contribution in [-0.4, -0.2) is 43.8 Å². The van der Waals surface area contributed by atoms with Crippen molar-refractivity contribution in [2.75, 3.05) is 25.2 Å². The summed E-state index contributed by atoms with van der Waals surface area (Å²) in [6, 6.07) is 6.95. The van der Waals surface area contributed by atoms with Crippen molar-refractivity contribution in [1.82, 2.24) is 0 Å². The lowest BCUT2D eigenvalue weighted by atomic mass is 9.87. The second-order valence-electron chi connectivity index (χ2n) is 6.83. The van der Waals surface area contributed by atoms with E-state index in [0.717, 1.165) is 12.2 Å². The number of aliphatic imine (C=N–C) groups is 1. The average molecular weight is 366 g/mol. The SMILES string of the molecule is COCC(C)(C)C(=O)CC(N)=NC(=O)C1CCN1c1ccc(Cl)cc1. The third-order valence-corrected chi connectivity index (χ3v) is 4.57. The van der Waals surface area contributed by atoms with Crippen molar-refractivity contribution in [1.29, 1.82) is 0 Å². The van der Waals surface area contributed by atoms with Gasteiger partial charge < -0.3 is 15.4 Å². The lowest BCUT2D eigenvalue weighted by Gasteiger charge is -2.40. The summed E-state index contributed by atoms with van der Waals surface area (Å²) in [5, 5.41) is 0.645. The number of nitrogens with zero attached hydrogens (tertiary/aromatic N) is 2. The molecule has 1 aromatic rings. The summed E-state index contributed by atoms with van der Waals surface area (Å²) in [6.45, 7) is 4.62. The predicted octanol–water partition coefficient (Wildman–Crippen LogP) is 2.43. The van der Waals surface area contributed by atoms with Gasteiger partial charge in [-0.3, -0.25) is 9.59 Å². The number of methoxy groups -OCH3 is 1. The van der Waals surface area contributed by atoms with Crippen LogP contribution in [0.2, 0.25) is 5.02 Å². The molecule has 0 saturated carbocycles. The Balaban J connectivity index is 1.99. The van der Waals surface area contributed by atoms with Gasteiger partial charge in [0.2, 0.25) is 0 Å². The minimum atomic E-state index is -0.663. The molecule has 1 atom stereocenters. The van der Waals surface area contributed by atoms with E-state index in [2.05, 4.69) is 4.99 Å². The summed E-state index contributed by atoms with van der Waals surface area (Å²) in [6.07, 6.45) is 0.650. The minimum Gasteiger partial charge on any atom is -0.387 e. The fourth-order valence-corrected chi connectivity index (χ4v) is 2.81. The third kappa shape index (κ3) is 4.80. The van der Waals surface area contributed by atoms with E-state index in [4.69, 9.17) is 22.1 Å². The molecule has 0 aromatic heterocycles. The number of halogens is 1. The Hall–Kier alpha value is -1.92. The van der Waals surface area contributed by atoms with Crippen molar-refractivity contribution in [2.24, 2.45) is 16.1 Å². The van der Waals surface area contributed by atoms with E-state index in [0.29, 0.717) is 18.1 Å². The number of ether oxygens (including phenoxy) is 1. The molecule has 2 rings (SSSR count). The van der Waals surface area contributed by atoms with Crippen molar-refractivity contribution >= 4 is 34.8 Å². The Kier molecular flexibility index (Phi) is 6.19. The molecule has 0 radical (unpaired) electrons. The number of hydrogen-bond donors (Lipinski definition) is 1. The zero-order chi connectivity index (χ0) is 18.6. The van der Waals surface area contributed by atoms with Crippen LogP contribution in [-0.2, 0) is 14.3 Å². The molecule has 1 unspecified atom stereocenters. The van der Waals surface area contributed by atoms with Crippen LogP contribution in [0.4, 0.5) is 5.69 Å². The van der Waals surface area contributed by atoms with E-state index >= 15 is 0 Å². The average Bonchev–Trinajstić information content (AvgIpc) is 2.47. The Morgan fingerprint density at radius 2 is 2.00 bits per heavy atom. The Morgan fingerprint density at radius 1 is 1.36 bits per heavy atom. The largest absolute Gasteiger partial charge is 0.387 e. The molecule has 1 aliphatic rings. The Labute approximate surface area is 153 Å². The summed E-state index contributed by atoms with van der Waals surface area (Å²) in [7, 11) is 1.54. The highest BCUT2D eigenvalue weighted by Gasteiger charge is 2.35. The number of Topliss-reactive ketones (excluding diaryl/α,β-unsaturated/α-hetero) is 1. The van der Waals surface area contributed by atoms with Crippen molar-refractivity contribution < 1.29 is 14.3 Å². The zero-order valence-electron chi connectivity index (χ0n) is 14.8. The topological polar surface area (TPSA) is 85.0 Å². The van der Waals surface area contributed by atoms with Gasteiger partial charge in [-0.05, 0) is 30.7 Å². The molecule has 25 heavy (non-hydrogen) atoms. The van der Waals surface area contributed by atoms with Crippen LogP contribution in [0.25, 0.3) is 0 Å². The number of carbonyl (C=O) groups is 2. The maximum absolute atomic E-state index is 12.4. The van der Waals surface area contributed by atoms with Gasteiger partial charge in [0.25, 0.3) is 5.91 Å². The van der Waals surface area contributed by atoms with Crippen molar-refractivity contribution in [3.05, 3.63) is 29.3 Å². The van der Waals surface area contributed by atoms with Crippen LogP contribution < -0.4 is 10.6 Å². The Morgan fingerprint density at radius 3 is 2.52 bits per heavy atom. The van der Waals surface area contributed by atoms with E-state index in [1.165, 1.54) is 7.11 Å². The standard InChI is InChI=1S/C18H24ClN3O3/c1-18(2,11-25-3)15(23)10-16(20)21-17(24)14-8-9-22(14)13-6-4-12(19)5-7-13/h4-7,14H,8-11H2,1-3H3,(H2,20,21,24). The molecule has 0 spiro atoms. The van der Waals surface area contributed by atoms with Gasteiger partial charge in [0, 0.05) is 29.8 Å². The van der Waals surface area contributed by atoms with Crippen LogP contribution in [0.3, 0.4) is 0 Å². The molecule has 2 N–H and O–H groups in total. The maximum atomic E-state index is 12.4. The maximum Gasteiger partial charge on any atom is 0.270 e. The predicted molar refractivity (Wildman–Crippen MR) is 99.1 cm³/mol. The van der Waals surface area contributed by atoms with E-state index in [-0.39, 0.29) is 30.0 Å². The summed E-state index contributed by atoms with van der Waals surface area (Å²) >= 11 is 5.89. The summed E-state index contributed by atoms with van der Waals surface area (Å²) in [4.78, 5) is 30.5. The number of nitrogens with two attached hydrogens (primary N) is 1. The van der Waals surface area contributed by atoms with Gasteiger partial charge in [-0.15, -0.1) is 0 Å². The normalized spacial score (nSPS) is 18.0. The number of ketones is 1. The molecule has 1 aromatic carbocycles. The molecular formula is C18H24ClN3O3. The quantitative estimate of drug-likeness (QED) is 0.592. The smallest absolute Gasteiger partial charge is 0.270 e. The van der Waals surface area contributed by atoms with Crippen molar-refractivity contribution in [3.8, 4) is 0 Å². The second kappa shape index (κ2) is 7.97. The number of hydrogen-bond acceptors (Lipinski definition) is 4. The molecule has 1 aliphatic heterocycles. The lowest BCUT2D eigenvalue weighted by Crippen LogP contribution is -2.52. The van der Waals surface area contributed by atoms with Gasteiger partial charge in [-0.1, -0.05) is 25.4 Å². The zero-order valence-corrected chi connectivity index (χ0v) is 15.5. The molecule has 6 nitrogen and oxygen atoms in total. The second-order valence-corrected chi connectivity index (χ2v) is 7.27. The molecule has 1 fully saturated rings. The minimum absolute atomic E-state index is 0.0436. The van der Waals surface area contributed by atoms with Gasteiger partial charge in [0.05, 0.1) is 13.0 Å². The van der Waals surface area contributed by atoms with Crippen LogP contribution in [0, 0.1) is 5.41 Å². The first-order valence-electron chi connectivity index (χ1n) is 8.16. The van der Waals surface area contributed by atoms with Gasteiger partial charge in [0.1, 0.15) is 17.7 Å². The summed E-state index contributed by atoms with van der Waals surface area (Å²) in [5.74, 6) is -0.384. The highest BCUT2D eigenvalue weighted by atomic mass is 35.5. The van der Waals surface area contributed by atoms with E-state index in [9.17, 15) is 9.59 Å². The van der Waals surface area contributed by atoms with E-state index in [1.807, 2.05) is 17.0 Å². The number of benzene rings is 1. The number of carbonyl (C=O) groups excluding carboxylic acids is 2. The molecule has 0 bridgehead atoms. The molecule has 136 valence electrons. The molecule has 1 saturated heterocycles. The third-order valence-electron chi connectivity index (χ3n) is 4.32. The number of amides is 1. The van der Waals surface area contributed by atoms with Gasteiger partial charge in [0.15, 0.2) is 0 Å². The van der Waals surface area contributed by atoms with Crippen LogP contribution in [0.1, 0.15) is 26.7 Å². The molecular weight excluding hydrogens is 342 g/mol. The summed E-state index contributed by atoms with van der Waals surface area (Å²) < 4.78 is 5.04. The molecule has 1 amide bonds. The molecule has 7 heteroatoms. The number of amidine groups is 1. The van der Waals surface area contributed by atoms with Gasteiger partial charge in [-0.25, -0.2) is 0 Å². The molecule has 1 heterocycles. The lowest BCUT2D eigenvalue weighted by molar-refractivity contribution is -0.128. The first-order chi connectivity index (χ1) is 11.7. The van der Waals surface area contributed by atoms with Crippen molar-refractivity contribution in [2.45, 2.75) is 32.7 Å². The number of anilines is 1. The highest BCUT2D eigenvalue weighted by molar-refractivity contribution is 6.30. The van der Waals surface area contributed by atoms with Crippen molar-refractivity contribution in [3.63, 3.8) is 0 Å². The summed E-state index contributed by atoms with van der Waals surface area (Å²) in [5.41, 5.74) is 6.07. The van der Waals surface area contributed by atoms with Gasteiger partial charge in [-0.2, -0.15) is 4.99 Å².